The van der Waals surface area contributed by atoms with Crippen molar-refractivity contribution in [1.82, 2.24) is 15.2 Å². The molecule has 2 aromatic rings. The van der Waals surface area contributed by atoms with Crippen LogP contribution >= 0.6 is 0 Å². The van der Waals surface area contributed by atoms with E-state index in [2.05, 4.69) is 15.2 Å². The summed E-state index contributed by atoms with van der Waals surface area (Å²) >= 11 is 0. The molecule has 0 bridgehead atoms. The highest BCUT2D eigenvalue weighted by Crippen LogP contribution is 2.23. The van der Waals surface area contributed by atoms with Crippen LogP contribution < -0.4 is 10.5 Å². The second kappa shape index (κ2) is 4.97. The summed E-state index contributed by atoms with van der Waals surface area (Å²) in [7, 11) is 1.66. The Balaban J connectivity index is 2.29. The Kier molecular flexibility index (Phi) is 3.39. The summed E-state index contributed by atoms with van der Waals surface area (Å²) in [5.41, 5.74) is 7.51. The molecule has 0 amide bonds. The van der Waals surface area contributed by atoms with Crippen molar-refractivity contribution in [3.8, 4) is 17.1 Å². The van der Waals surface area contributed by atoms with Crippen LogP contribution in [0.15, 0.2) is 18.2 Å². The second-order valence-corrected chi connectivity index (χ2v) is 3.83. The van der Waals surface area contributed by atoms with Gasteiger partial charge in [0.05, 0.1) is 7.11 Å². The molecule has 17 heavy (non-hydrogen) atoms. The lowest BCUT2D eigenvalue weighted by Gasteiger charge is -2.04. The molecular weight excluding hydrogens is 216 g/mol. The first kappa shape index (κ1) is 11.6. The third-order valence-corrected chi connectivity index (χ3v) is 2.57. The van der Waals surface area contributed by atoms with Crippen molar-refractivity contribution in [3.63, 3.8) is 0 Å². The Hall–Kier alpha value is -1.88. The van der Waals surface area contributed by atoms with Gasteiger partial charge >= 0.3 is 0 Å². The fourth-order valence-electron chi connectivity index (χ4n) is 1.69. The summed E-state index contributed by atoms with van der Waals surface area (Å²) in [5, 5.41) is 7.05. The van der Waals surface area contributed by atoms with Gasteiger partial charge in [-0.25, -0.2) is 4.98 Å². The van der Waals surface area contributed by atoms with E-state index >= 15 is 0 Å². The average Bonchev–Trinajstić information content (AvgIpc) is 2.78. The molecule has 0 aliphatic rings. The van der Waals surface area contributed by atoms with E-state index in [4.69, 9.17) is 10.5 Å². The first-order chi connectivity index (χ1) is 8.24. The maximum atomic E-state index is 5.47. The standard InChI is InChI=1S/C12H16N4O/c1-8-7-9(3-4-10(8)17-2)12-14-11(5-6-13)15-16-12/h3-4,7H,5-6,13H2,1-2H3,(H,14,15,16). The molecule has 0 saturated heterocycles. The zero-order valence-corrected chi connectivity index (χ0v) is 10.0. The molecule has 90 valence electrons. The van der Waals surface area contributed by atoms with E-state index < -0.39 is 0 Å². The van der Waals surface area contributed by atoms with Crippen LogP contribution in [-0.2, 0) is 6.42 Å². The highest BCUT2D eigenvalue weighted by Gasteiger charge is 2.07. The van der Waals surface area contributed by atoms with Crippen molar-refractivity contribution in [3.05, 3.63) is 29.6 Å². The normalized spacial score (nSPS) is 10.5. The van der Waals surface area contributed by atoms with Crippen molar-refractivity contribution in [2.75, 3.05) is 13.7 Å². The van der Waals surface area contributed by atoms with Gasteiger partial charge in [-0.2, -0.15) is 5.10 Å². The number of hydrogen-bond acceptors (Lipinski definition) is 4. The zero-order chi connectivity index (χ0) is 12.3. The van der Waals surface area contributed by atoms with E-state index in [1.807, 2.05) is 25.1 Å². The summed E-state index contributed by atoms with van der Waals surface area (Å²) in [6.45, 7) is 2.56. The first-order valence-corrected chi connectivity index (χ1v) is 5.51. The molecule has 0 saturated carbocycles. The molecule has 0 aliphatic carbocycles. The summed E-state index contributed by atoms with van der Waals surface area (Å²) in [6, 6.07) is 5.87. The van der Waals surface area contributed by atoms with Gasteiger partial charge in [0.1, 0.15) is 11.6 Å². The van der Waals surface area contributed by atoms with Crippen LogP contribution in [-0.4, -0.2) is 28.8 Å². The van der Waals surface area contributed by atoms with Crippen molar-refractivity contribution in [2.24, 2.45) is 5.73 Å². The van der Waals surface area contributed by atoms with Gasteiger partial charge in [-0.05, 0) is 37.2 Å². The maximum Gasteiger partial charge on any atom is 0.181 e. The minimum atomic E-state index is 0.566. The van der Waals surface area contributed by atoms with Gasteiger partial charge in [0.25, 0.3) is 0 Å². The summed E-state index contributed by atoms with van der Waals surface area (Å²) in [6.07, 6.45) is 0.710. The van der Waals surface area contributed by atoms with Gasteiger partial charge in [-0.15, -0.1) is 0 Å². The predicted molar refractivity (Wildman–Crippen MR) is 65.9 cm³/mol. The molecule has 0 atom stereocenters. The lowest BCUT2D eigenvalue weighted by atomic mass is 10.1. The third-order valence-electron chi connectivity index (χ3n) is 2.57. The Morgan fingerprint density at radius 3 is 2.88 bits per heavy atom. The number of benzene rings is 1. The summed E-state index contributed by atoms with van der Waals surface area (Å²) < 4.78 is 5.21. The number of hydrogen-bond donors (Lipinski definition) is 2. The van der Waals surface area contributed by atoms with E-state index in [9.17, 15) is 0 Å². The Labute approximate surface area is 100 Å². The van der Waals surface area contributed by atoms with Gasteiger partial charge < -0.3 is 10.5 Å². The number of rotatable bonds is 4. The van der Waals surface area contributed by atoms with Gasteiger partial charge in [-0.3, -0.25) is 5.10 Å². The molecule has 1 heterocycles. The topological polar surface area (TPSA) is 76.8 Å². The largest absolute Gasteiger partial charge is 0.496 e. The molecule has 1 aromatic heterocycles. The maximum absolute atomic E-state index is 5.47. The molecule has 0 unspecified atom stereocenters. The van der Waals surface area contributed by atoms with Gasteiger partial charge in [0.2, 0.25) is 0 Å². The van der Waals surface area contributed by atoms with Crippen LogP contribution in [0.3, 0.4) is 0 Å². The smallest absolute Gasteiger partial charge is 0.181 e. The molecule has 0 fully saturated rings. The molecule has 0 spiro atoms. The van der Waals surface area contributed by atoms with Crippen molar-refractivity contribution in [2.45, 2.75) is 13.3 Å². The quantitative estimate of drug-likeness (QED) is 0.832. The fourth-order valence-corrected chi connectivity index (χ4v) is 1.69. The number of methoxy groups -OCH3 is 1. The van der Waals surface area contributed by atoms with Crippen LogP contribution in [0.5, 0.6) is 5.75 Å². The highest BCUT2D eigenvalue weighted by atomic mass is 16.5. The van der Waals surface area contributed by atoms with Crippen molar-refractivity contribution >= 4 is 0 Å². The Morgan fingerprint density at radius 1 is 1.41 bits per heavy atom. The van der Waals surface area contributed by atoms with Crippen LogP contribution in [0.4, 0.5) is 0 Å². The highest BCUT2D eigenvalue weighted by molar-refractivity contribution is 5.58. The van der Waals surface area contributed by atoms with Gasteiger partial charge in [0, 0.05) is 12.0 Å². The summed E-state index contributed by atoms with van der Waals surface area (Å²) in [4.78, 5) is 4.38. The minimum absolute atomic E-state index is 0.566. The van der Waals surface area contributed by atoms with Crippen LogP contribution in [0.2, 0.25) is 0 Å². The second-order valence-electron chi connectivity index (χ2n) is 3.83. The molecular formula is C12H16N4O. The van der Waals surface area contributed by atoms with E-state index in [0.29, 0.717) is 18.8 Å². The predicted octanol–water partition coefficient (Wildman–Crippen LogP) is 1.29. The molecule has 1 aromatic carbocycles. The zero-order valence-electron chi connectivity index (χ0n) is 10.0. The van der Waals surface area contributed by atoms with E-state index in [1.165, 1.54) is 0 Å². The van der Waals surface area contributed by atoms with Crippen LogP contribution in [0.1, 0.15) is 11.4 Å². The molecule has 3 N–H and O–H groups in total. The lowest BCUT2D eigenvalue weighted by molar-refractivity contribution is 0.412. The number of aromatic amines is 1. The van der Waals surface area contributed by atoms with Crippen LogP contribution in [0, 0.1) is 6.92 Å². The number of ether oxygens (including phenoxy) is 1. The van der Waals surface area contributed by atoms with E-state index in [0.717, 1.165) is 22.7 Å². The first-order valence-electron chi connectivity index (χ1n) is 5.51. The van der Waals surface area contributed by atoms with Crippen molar-refractivity contribution in [1.29, 1.82) is 0 Å². The van der Waals surface area contributed by atoms with Gasteiger partial charge in [0.15, 0.2) is 5.82 Å². The number of nitrogens with one attached hydrogen (secondary N) is 1. The summed E-state index contributed by atoms with van der Waals surface area (Å²) in [5.74, 6) is 2.38. The van der Waals surface area contributed by atoms with Gasteiger partial charge in [-0.1, -0.05) is 0 Å². The van der Waals surface area contributed by atoms with E-state index in [1.54, 1.807) is 7.11 Å². The van der Waals surface area contributed by atoms with Crippen LogP contribution in [0.25, 0.3) is 11.4 Å². The molecule has 0 radical (unpaired) electrons. The molecule has 0 aliphatic heterocycles. The monoisotopic (exact) mass is 232 g/mol. The van der Waals surface area contributed by atoms with E-state index in [-0.39, 0.29) is 0 Å². The number of nitrogens with zero attached hydrogens (tertiary/aromatic N) is 2. The Bertz CT molecular complexity index is 507. The fraction of sp³-hybridized carbons (Fsp3) is 0.333. The Morgan fingerprint density at radius 2 is 2.24 bits per heavy atom. The lowest BCUT2D eigenvalue weighted by Crippen LogP contribution is -2.03. The number of aromatic nitrogens is 3. The number of H-pyrrole nitrogens is 1. The molecule has 2 rings (SSSR count). The third kappa shape index (κ3) is 2.45. The number of nitrogens with two attached hydrogens (primary N) is 1. The molecule has 5 nitrogen and oxygen atoms in total. The molecule has 5 heteroatoms. The van der Waals surface area contributed by atoms with Crippen molar-refractivity contribution < 1.29 is 4.74 Å². The number of aryl methyl sites for hydroxylation is 1. The SMILES string of the molecule is COc1ccc(-c2n[nH]c(CCN)n2)cc1C. The average molecular weight is 232 g/mol. The minimum Gasteiger partial charge on any atom is -0.496 e.